The zero-order valence-electron chi connectivity index (χ0n) is 31.5. The number of rotatable bonds is 4. The standard InChI is InChI=1S/C36H32N2.C7H8.C3H8.C2H6/c1-5-11-35-25(3)16-17-29-22-32-31-21-28(19-18-27-13-10-9-12-24(27)2)26(4)20-33(31)37-34(32)23-36(29)38(35)30-14-7-6-8-15-30;1-7-5-3-2-4-6-7;1-3-2;1-2/h5-23,37H,1-4H3;2-6H,1H3;3H2,1-2H3;1-2H3/b11-5-,19-18-;;;. The van der Waals surface area contributed by atoms with Gasteiger partial charge in [-0.25, -0.2) is 0 Å². The zero-order valence-corrected chi connectivity index (χ0v) is 31.5. The summed E-state index contributed by atoms with van der Waals surface area (Å²) in [7, 11) is 0. The fraction of sp³-hybridized carbons (Fsp3) is 0.208. The van der Waals surface area contributed by atoms with Gasteiger partial charge in [-0.05, 0) is 110 Å². The number of anilines is 2. The summed E-state index contributed by atoms with van der Waals surface area (Å²) >= 11 is 0. The van der Waals surface area contributed by atoms with E-state index in [1.54, 1.807) is 0 Å². The molecule has 2 heteroatoms. The minimum absolute atomic E-state index is 1.15. The molecule has 256 valence electrons. The van der Waals surface area contributed by atoms with Gasteiger partial charge in [-0.1, -0.05) is 143 Å². The molecule has 1 aromatic heterocycles. The molecule has 0 fully saturated rings. The molecule has 0 atom stereocenters. The van der Waals surface area contributed by atoms with E-state index >= 15 is 0 Å². The Morgan fingerprint density at radius 1 is 0.600 bits per heavy atom. The number of aromatic amines is 1. The van der Waals surface area contributed by atoms with E-state index in [4.69, 9.17) is 0 Å². The zero-order chi connectivity index (χ0) is 36.0. The minimum Gasteiger partial charge on any atom is -0.354 e. The number of nitrogens with one attached hydrogen (secondary N) is 1. The molecule has 1 N–H and O–H groups in total. The highest BCUT2D eigenvalue weighted by Crippen LogP contribution is 2.41. The van der Waals surface area contributed by atoms with Gasteiger partial charge in [-0.3, -0.25) is 0 Å². The summed E-state index contributed by atoms with van der Waals surface area (Å²) in [5, 5.41) is 2.49. The first-order chi connectivity index (χ1) is 24.3. The third-order valence-corrected chi connectivity index (χ3v) is 8.44. The normalized spacial score (nSPS) is 12.2. The molecule has 0 bridgehead atoms. The van der Waals surface area contributed by atoms with Crippen LogP contribution in [0.25, 0.3) is 40.0 Å². The van der Waals surface area contributed by atoms with Crippen LogP contribution in [0.1, 0.15) is 81.3 Å². The van der Waals surface area contributed by atoms with E-state index < -0.39 is 0 Å². The Kier molecular flexibility index (Phi) is 13.8. The summed E-state index contributed by atoms with van der Waals surface area (Å²) in [6.45, 7) is 18.9. The Morgan fingerprint density at radius 2 is 1.18 bits per heavy atom. The molecule has 5 aromatic carbocycles. The molecule has 0 unspecified atom stereocenters. The summed E-state index contributed by atoms with van der Waals surface area (Å²) in [5.41, 5.74) is 14.6. The highest BCUT2D eigenvalue weighted by atomic mass is 15.2. The van der Waals surface area contributed by atoms with Crippen LogP contribution in [0.2, 0.25) is 0 Å². The fourth-order valence-electron chi connectivity index (χ4n) is 5.95. The quantitative estimate of drug-likeness (QED) is 0.187. The fourth-order valence-corrected chi connectivity index (χ4v) is 5.95. The average molecular weight is 659 g/mol. The van der Waals surface area contributed by atoms with E-state index in [0.717, 1.165) is 11.2 Å². The smallest absolute Gasteiger partial charge is 0.0555 e. The van der Waals surface area contributed by atoms with Gasteiger partial charge < -0.3 is 9.88 Å². The number of aromatic nitrogens is 1. The van der Waals surface area contributed by atoms with E-state index in [0.29, 0.717) is 0 Å². The van der Waals surface area contributed by atoms with Crippen molar-refractivity contribution in [3.63, 3.8) is 0 Å². The van der Waals surface area contributed by atoms with Crippen molar-refractivity contribution >= 4 is 51.4 Å². The van der Waals surface area contributed by atoms with Crippen LogP contribution < -0.4 is 4.90 Å². The molecule has 2 heterocycles. The predicted molar refractivity (Wildman–Crippen MR) is 224 cm³/mol. The van der Waals surface area contributed by atoms with Crippen molar-refractivity contribution in [3.8, 4) is 0 Å². The number of aryl methyl sites for hydroxylation is 3. The van der Waals surface area contributed by atoms with E-state index in [1.165, 1.54) is 73.0 Å². The van der Waals surface area contributed by atoms with E-state index in [1.807, 2.05) is 32.0 Å². The van der Waals surface area contributed by atoms with Gasteiger partial charge in [0.25, 0.3) is 0 Å². The number of allylic oxidation sites excluding steroid dienone is 4. The van der Waals surface area contributed by atoms with Crippen molar-refractivity contribution in [2.45, 2.75) is 68.7 Å². The van der Waals surface area contributed by atoms with E-state index in [-0.39, 0.29) is 0 Å². The highest BCUT2D eigenvalue weighted by molar-refractivity contribution is 6.10. The molecule has 0 radical (unpaired) electrons. The maximum Gasteiger partial charge on any atom is 0.0555 e. The van der Waals surface area contributed by atoms with Crippen LogP contribution in [-0.2, 0) is 0 Å². The van der Waals surface area contributed by atoms with Gasteiger partial charge in [0.15, 0.2) is 0 Å². The lowest BCUT2D eigenvalue weighted by Gasteiger charge is -2.28. The first-order valence-corrected chi connectivity index (χ1v) is 18.1. The summed E-state index contributed by atoms with van der Waals surface area (Å²) in [6.07, 6.45) is 14.5. The van der Waals surface area contributed by atoms with Crippen molar-refractivity contribution in [3.05, 3.63) is 172 Å². The van der Waals surface area contributed by atoms with Gasteiger partial charge >= 0.3 is 0 Å². The summed E-state index contributed by atoms with van der Waals surface area (Å²) in [5.74, 6) is 0. The largest absolute Gasteiger partial charge is 0.354 e. The summed E-state index contributed by atoms with van der Waals surface area (Å²) in [6, 6.07) is 38.7. The van der Waals surface area contributed by atoms with Gasteiger partial charge in [0.05, 0.1) is 5.69 Å². The van der Waals surface area contributed by atoms with Crippen LogP contribution in [0.15, 0.2) is 139 Å². The molecule has 0 aliphatic carbocycles. The van der Waals surface area contributed by atoms with Crippen molar-refractivity contribution in [2.24, 2.45) is 0 Å². The molecule has 50 heavy (non-hydrogen) atoms. The number of benzene rings is 5. The van der Waals surface area contributed by atoms with Crippen molar-refractivity contribution in [1.29, 1.82) is 0 Å². The molecule has 6 aromatic rings. The third kappa shape index (κ3) is 9.01. The number of fused-ring (bicyclic) bond motifs is 4. The van der Waals surface area contributed by atoms with Crippen LogP contribution in [-0.4, -0.2) is 4.98 Å². The second-order valence-corrected chi connectivity index (χ2v) is 12.5. The summed E-state index contributed by atoms with van der Waals surface area (Å²) < 4.78 is 0. The van der Waals surface area contributed by atoms with E-state index in [2.05, 4.69) is 186 Å². The maximum atomic E-state index is 3.72. The lowest BCUT2D eigenvalue weighted by atomic mass is 10.0. The number of nitrogens with zero attached hydrogens (tertiary/aromatic N) is 1. The van der Waals surface area contributed by atoms with Crippen LogP contribution in [0.4, 0.5) is 11.4 Å². The lowest BCUT2D eigenvalue weighted by molar-refractivity contribution is 1.09. The van der Waals surface area contributed by atoms with Crippen LogP contribution in [0.5, 0.6) is 0 Å². The molecule has 1 aliphatic heterocycles. The Hall–Kier alpha value is -5.34. The first kappa shape index (κ1) is 37.5. The molecule has 0 amide bonds. The second-order valence-electron chi connectivity index (χ2n) is 12.5. The van der Waals surface area contributed by atoms with Gasteiger partial charge in [0.1, 0.15) is 0 Å². The minimum atomic E-state index is 1.15. The van der Waals surface area contributed by atoms with Gasteiger partial charge in [-0.2, -0.15) is 0 Å². The lowest BCUT2D eigenvalue weighted by Crippen LogP contribution is -2.16. The topological polar surface area (TPSA) is 19.0 Å². The SMILES string of the molecule is C/C=C\C1=C(C)C=Cc2cc3c(cc2N1c1ccccc1)[nH]c1cc(C)c(/C=C\c2ccccc2C)cc13.CC.CCC.Cc1ccccc1. The number of H-pyrrole nitrogens is 1. The molecular formula is C48H54N2. The molecule has 0 saturated heterocycles. The predicted octanol–water partition coefficient (Wildman–Crippen LogP) is 14.6. The monoisotopic (exact) mass is 658 g/mol. The van der Waals surface area contributed by atoms with E-state index in [9.17, 15) is 0 Å². The van der Waals surface area contributed by atoms with Crippen LogP contribution in [0.3, 0.4) is 0 Å². The second kappa shape index (κ2) is 18.4. The summed E-state index contributed by atoms with van der Waals surface area (Å²) in [4.78, 5) is 6.09. The molecule has 7 rings (SSSR count). The Bertz CT molecular complexity index is 2100. The Labute approximate surface area is 301 Å². The number of hydrogen-bond donors (Lipinski definition) is 1. The number of hydrogen-bond acceptors (Lipinski definition) is 1. The van der Waals surface area contributed by atoms with Gasteiger partial charge in [0, 0.05) is 33.2 Å². The molecular weight excluding hydrogens is 605 g/mol. The van der Waals surface area contributed by atoms with Crippen LogP contribution >= 0.6 is 0 Å². The van der Waals surface area contributed by atoms with Crippen LogP contribution in [0, 0.1) is 20.8 Å². The highest BCUT2D eigenvalue weighted by Gasteiger charge is 2.21. The van der Waals surface area contributed by atoms with Crippen molar-refractivity contribution < 1.29 is 0 Å². The van der Waals surface area contributed by atoms with Gasteiger partial charge in [0.2, 0.25) is 0 Å². The average Bonchev–Trinajstić information content (AvgIpc) is 3.40. The maximum absolute atomic E-state index is 3.72. The van der Waals surface area contributed by atoms with Crippen molar-refractivity contribution in [2.75, 3.05) is 4.90 Å². The van der Waals surface area contributed by atoms with Gasteiger partial charge in [-0.15, -0.1) is 0 Å². The Morgan fingerprint density at radius 3 is 1.80 bits per heavy atom. The molecule has 2 nitrogen and oxygen atoms in total. The number of para-hydroxylation sites is 1. The third-order valence-electron chi connectivity index (χ3n) is 8.44. The first-order valence-electron chi connectivity index (χ1n) is 18.1. The molecule has 0 saturated carbocycles. The Balaban J connectivity index is 0.000000404. The molecule has 0 spiro atoms. The van der Waals surface area contributed by atoms with Crippen molar-refractivity contribution in [1.82, 2.24) is 4.98 Å². The molecule has 1 aliphatic rings.